The summed E-state index contributed by atoms with van der Waals surface area (Å²) in [6, 6.07) is 4.36. The van der Waals surface area contributed by atoms with E-state index in [1.54, 1.807) is 0 Å². The number of rotatable bonds is 5. The van der Waals surface area contributed by atoms with Crippen molar-refractivity contribution in [1.82, 2.24) is 0 Å². The van der Waals surface area contributed by atoms with Crippen LogP contribution >= 0.6 is 39.9 Å². The molecular formula is C9H14N4O7P2S2. The van der Waals surface area contributed by atoms with E-state index in [0.717, 1.165) is 0 Å². The van der Waals surface area contributed by atoms with Gasteiger partial charge in [-0.25, -0.2) is 20.1 Å². The van der Waals surface area contributed by atoms with Crippen LogP contribution in [0, 0.1) is 0 Å². The third-order valence-corrected chi connectivity index (χ3v) is 3.62. The smallest absolute Gasteiger partial charge is 0.455 e. The number of methoxy groups -OCH3 is 1. The predicted octanol–water partition coefficient (Wildman–Crippen LogP) is 1.24. The second-order valence-electron chi connectivity index (χ2n) is 4.05. The van der Waals surface area contributed by atoms with Gasteiger partial charge in [0.2, 0.25) is 0 Å². The van der Waals surface area contributed by atoms with Crippen molar-refractivity contribution >= 4 is 61.7 Å². The molecule has 0 radical (unpaired) electrons. The summed E-state index contributed by atoms with van der Waals surface area (Å²) >= 11 is 9.43. The number of hydrogen-bond acceptors (Lipinski definition) is 7. The van der Waals surface area contributed by atoms with Gasteiger partial charge >= 0.3 is 15.5 Å². The second kappa shape index (κ2) is 8.19. The van der Waals surface area contributed by atoms with Gasteiger partial charge in [-0.2, -0.15) is 0 Å². The molecule has 15 heteroatoms. The normalized spacial score (nSPS) is 15.4. The molecule has 0 bridgehead atoms. The monoisotopic (exact) mass is 416 g/mol. The Bertz CT molecular complexity index is 735. The zero-order chi connectivity index (χ0) is 18.5. The minimum atomic E-state index is -4.28. The lowest BCUT2D eigenvalue weighted by Gasteiger charge is -2.15. The molecule has 0 saturated carbocycles. The third-order valence-electron chi connectivity index (χ3n) is 2.11. The second-order valence-corrected chi connectivity index (χ2v) is 7.41. The molecular weight excluding hydrogens is 402 g/mol. The van der Waals surface area contributed by atoms with E-state index in [2.05, 4.69) is 19.7 Å². The van der Waals surface area contributed by atoms with Crippen molar-refractivity contribution in [2.24, 2.45) is 11.0 Å². The maximum atomic E-state index is 10.9. The van der Waals surface area contributed by atoms with E-state index in [9.17, 15) is 9.13 Å². The average molecular weight is 416 g/mol. The Morgan fingerprint density at radius 1 is 1.08 bits per heavy atom. The summed E-state index contributed by atoms with van der Waals surface area (Å²) in [6.45, 7) is 0. The Balaban J connectivity index is 2.85. The van der Waals surface area contributed by atoms with Gasteiger partial charge in [0.05, 0.1) is 12.8 Å². The standard InChI is InChI=1S/C9H14N4O7P2S2/c1-18-7-4-5(12-8(23)19-21(10,14)15)2-3-6(7)13-9(24)20-22(11,16)17/h2-4H,1H3,(H,12,23)(H,13,24)(H3,10,14,15)(H3,11,16,17). The summed E-state index contributed by atoms with van der Waals surface area (Å²) in [5.74, 6) is 0.235. The zero-order valence-electron chi connectivity index (χ0n) is 12.0. The Kier molecular flexibility index (Phi) is 7.08. The maximum Gasteiger partial charge on any atom is 0.455 e. The highest BCUT2D eigenvalue weighted by molar-refractivity contribution is 7.81. The summed E-state index contributed by atoms with van der Waals surface area (Å²) in [5, 5.41) is 4.16. The third kappa shape index (κ3) is 7.99. The van der Waals surface area contributed by atoms with Crippen LogP contribution in [0.4, 0.5) is 11.4 Å². The number of thiocarbonyl (C=S) groups is 2. The molecule has 0 heterocycles. The molecule has 0 aliphatic rings. The quantitative estimate of drug-likeness (QED) is 0.298. The van der Waals surface area contributed by atoms with E-state index in [0.29, 0.717) is 11.4 Å². The molecule has 0 aliphatic heterocycles. The molecule has 0 aliphatic carbocycles. The first-order chi connectivity index (χ1) is 10.9. The van der Waals surface area contributed by atoms with Crippen molar-refractivity contribution in [3.8, 4) is 5.75 Å². The molecule has 0 spiro atoms. The Labute approximate surface area is 147 Å². The van der Waals surface area contributed by atoms with E-state index >= 15 is 0 Å². The lowest BCUT2D eigenvalue weighted by Crippen LogP contribution is -2.16. The molecule has 1 aromatic carbocycles. The van der Waals surface area contributed by atoms with Crippen LogP contribution in [-0.4, -0.2) is 27.2 Å². The Morgan fingerprint density at radius 3 is 2.04 bits per heavy atom. The van der Waals surface area contributed by atoms with Crippen molar-refractivity contribution in [1.29, 1.82) is 0 Å². The Morgan fingerprint density at radius 2 is 1.58 bits per heavy atom. The number of benzene rings is 1. The number of anilines is 2. The molecule has 2 atom stereocenters. The minimum absolute atomic E-state index is 0.235. The van der Waals surface area contributed by atoms with Crippen LogP contribution in [0.3, 0.4) is 0 Å². The minimum Gasteiger partial charge on any atom is -0.494 e. The first-order valence-corrected chi connectivity index (χ1v) is 9.92. The highest BCUT2D eigenvalue weighted by Crippen LogP contribution is 2.34. The van der Waals surface area contributed by atoms with Crippen LogP contribution in [0.15, 0.2) is 18.2 Å². The fourth-order valence-electron chi connectivity index (χ4n) is 1.38. The van der Waals surface area contributed by atoms with Crippen LogP contribution in [-0.2, 0) is 18.2 Å². The molecule has 0 aromatic heterocycles. The van der Waals surface area contributed by atoms with Gasteiger partial charge < -0.3 is 34.2 Å². The highest BCUT2D eigenvalue weighted by atomic mass is 32.1. The number of hydrogen-bond donors (Lipinski definition) is 6. The zero-order valence-corrected chi connectivity index (χ0v) is 15.5. The van der Waals surface area contributed by atoms with E-state index < -0.39 is 25.8 Å². The van der Waals surface area contributed by atoms with Crippen molar-refractivity contribution in [3.05, 3.63) is 18.2 Å². The first kappa shape index (κ1) is 20.7. The summed E-state index contributed by atoms with van der Waals surface area (Å²) < 4.78 is 35.7. The van der Waals surface area contributed by atoms with Crippen molar-refractivity contribution in [2.45, 2.75) is 0 Å². The molecule has 11 nitrogen and oxygen atoms in total. The fraction of sp³-hybridized carbons (Fsp3) is 0.111. The molecule has 0 fully saturated rings. The van der Waals surface area contributed by atoms with Gasteiger partial charge in [-0.1, -0.05) is 0 Å². The summed E-state index contributed by atoms with van der Waals surface area (Å²) in [7, 11) is -7.20. The Hall–Kier alpha value is -1.30. The molecule has 1 aromatic rings. The number of nitrogens with one attached hydrogen (secondary N) is 2. The molecule has 0 saturated heterocycles. The molecule has 1 rings (SSSR count). The van der Waals surface area contributed by atoms with Gasteiger partial charge in [0.25, 0.3) is 10.3 Å². The van der Waals surface area contributed by atoms with Crippen LogP contribution in [0.1, 0.15) is 0 Å². The molecule has 24 heavy (non-hydrogen) atoms. The summed E-state index contributed by atoms with van der Waals surface area (Å²) in [5.41, 5.74) is 10.3. The van der Waals surface area contributed by atoms with Gasteiger partial charge in [-0.05, 0) is 36.6 Å². The van der Waals surface area contributed by atoms with Crippen molar-refractivity contribution in [3.63, 3.8) is 0 Å². The van der Waals surface area contributed by atoms with Crippen LogP contribution in [0.5, 0.6) is 5.75 Å². The van der Waals surface area contributed by atoms with Crippen LogP contribution < -0.4 is 26.4 Å². The largest absolute Gasteiger partial charge is 0.494 e. The molecule has 134 valence electrons. The molecule has 8 N–H and O–H groups in total. The molecule has 0 amide bonds. The topological polar surface area (TPSA) is 178 Å². The maximum absolute atomic E-state index is 10.9. The van der Waals surface area contributed by atoms with E-state index in [1.807, 2.05) is 0 Å². The van der Waals surface area contributed by atoms with Gasteiger partial charge in [0.15, 0.2) is 0 Å². The summed E-state index contributed by atoms with van der Waals surface area (Å²) in [6.07, 6.45) is 0. The number of nitrogens with two attached hydrogens (primary N) is 2. The SMILES string of the molecule is COc1cc(NC(=S)OP(N)(=O)O)ccc1NC(=S)OP(N)(=O)O. The fourth-order valence-corrected chi connectivity index (χ4v) is 2.82. The van der Waals surface area contributed by atoms with Crippen molar-refractivity contribution in [2.75, 3.05) is 17.7 Å². The lowest BCUT2D eigenvalue weighted by molar-refractivity contribution is 0.377. The van der Waals surface area contributed by atoms with E-state index in [4.69, 9.17) is 50.0 Å². The van der Waals surface area contributed by atoms with Gasteiger partial charge in [0.1, 0.15) is 5.75 Å². The van der Waals surface area contributed by atoms with E-state index in [-0.39, 0.29) is 5.75 Å². The van der Waals surface area contributed by atoms with E-state index in [1.165, 1.54) is 25.3 Å². The predicted molar refractivity (Wildman–Crippen MR) is 95.6 cm³/mol. The van der Waals surface area contributed by atoms with Crippen molar-refractivity contribution < 1.29 is 32.7 Å². The summed E-state index contributed by atoms with van der Waals surface area (Å²) in [4.78, 5) is 17.8. The van der Waals surface area contributed by atoms with Crippen LogP contribution in [0.2, 0.25) is 0 Å². The van der Waals surface area contributed by atoms with Crippen LogP contribution in [0.25, 0.3) is 0 Å². The van der Waals surface area contributed by atoms with Gasteiger partial charge in [-0.15, -0.1) is 0 Å². The van der Waals surface area contributed by atoms with Gasteiger partial charge in [-0.3, -0.25) is 0 Å². The first-order valence-electron chi connectivity index (χ1n) is 5.81. The molecule has 2 unspecified atom stereocenters. The number of ether oxygens (including phenoxy) is 1. The lowest BCUT2D eigenvalue weighted by atomic mass is 10.2. The van der Waals surface area contributed by atoms with Gasteiger partial charge in [0, 0.05) is 11.8 Å². The average Bonchev–Trinajstić information content (AvgIpc) is 2.35. The highest BCUT2D eigenvalue weighted by Gasteiger charge is 2.18.